The lowest BCUT2D eigenvalue weighted by molar-refractivity contribution is 0.581. The quantitative estimate of drug-likeness (QED) is 0.616. The number of hydrogen-bond acceptors (Lipinski definition) is 2. The summed E-state index contributed by atoms with van der Waals surface area (Å²) in [5.41, 5.74) is 0. The molecule has 0 aliphatic carbocycles. The van der Waals surface area contributed by atoms with Crippen LogP contribution in [-0.4, -0.2) is 15.0 Å². The van der Waals surface area contributed by atoms with Crippen LogP contribution < -0.4 is 4.72 Å². The zero-order valence-electron chi connectivity index (χ0n) is 8.11. The number of rotatable bonds is 5. The Kier molecular flexibility index (Phi) is 3.99. The first-order valence-electron chi connectivity index (χ1n) is 4.42. The summed E-state index contributed by atoms with van der Waals surface area (Å²) >= 11 is 0. The van der Waals surface area contributed by atoms with Gasteiger partial charge in [-0.2, -0.15) is 0 Å². The van der Waals surface area contributed by atoms with Gasteiger partial charge in [-0.3, -0.25) is 0 Å². The van der Waals surface area contributed by atoms with Crippen molar-refractivity contribution in [3.8, 4) is 0 Å². The van der Waals surface area contributed by atoms with Gasteiger partial charge >= 0.3 is 0 Å². The minimum absolute atomic E-state index is 0.0629. The van der Waals surface area contributed by atoms with Crippen molar-refractivity contribution in [2.45, 2.75) is 11.3 Å². The first-order valence-corrected chi connectivity index (χ1v) is 5.91. The van der Waals surface area contributed by atoms with Crippen LogP contribution in [0, 0.1) is 5.82 Å². The van der Waals surface area contributed by atoms with Gasteiger partial charge in [-0.05, 0) is 30.7 Å². The molecule has 15 heavy (non-hydrogen) atoms. The Morgan fingerprint density at radius 1 is 1.33 bits per heavy atom. The van der Waals surface area contributed by atoms with Crippen LogP contribution in [0.25, 0.3) is 0 Å². The van der Waals surface area contributed by atoms with E-state index in [-0.39, 0.29) is 4.90 Å². The normalized spacial score (nSPS) is 11.3. The fourth-order valence-corrected chi connectivity index (χ4v) is 2.04. The molecule has 0 heterocycles. The van der Waals surface area contributed by atoms with Gasteiger partial charge in [0.15, 0.2) is 0 Å². The van der Waals surface area contributed by atoms with E-state index in [9.17, 15) is 12.8 Å². The molecule has 0 unspecified atom stereocenters. The Bertz CT molecular complexity index is 425. The summed E-state index contributed by atoms with van der Waals surface area (Å²) in [6.45, 7) is 3.78. The smallest absolute Gasteiger partial charge is 0.211 e. The molecular formula is C10H12FNO2S. The van der Waals surface area contributed by atoms with Crippen molar-refractivity contribution in [3.63, 3.8) is 0 Å². The van der Waals surface area contributed by atoms with Crippen molar-refractivity contribution in [2.24, 2.45) is 0 Å². The molecule has 5 heteroatoms. The summed E-state index contributed by atoms with van der Waals surface area (Å²) in [5.74, 6) is -0.458. The SMILES string of the molecule is C=CCCNS(=O)(=O)c1ccc(F)cc1. The van der Waals surface area contributed by atoms with E-state index in [2.05, 4.69) is 11.3 Å². The molecule has 0 saturated carbocycles. The molecular weight excluding hydrogens is 217 g/mol. The van der Waals surface area contributed by atoms with E-state index in [4.69, 9.17) is 0 Å². The van der Waals surface area contributed by atoms with Gasteiger partial charge in [-0.1, -0.05) is 6.08 Å². The highest BCUT2D eigenvalue weighted by atomic mass is 32.2. The minimum Gasteiger partial charge on any atom is -0.211 e. The third-order valence-corrected chi connectivity index (χ3v) is 3.24. The molecule has 0 aromatic heterocycles. The van der Waals surface area contributed by atoms with E-state index in [1.165, 1.54) is 12.1 Å². The summed E-state index contributed by atoms with van der Waals surface area (Å²) in [5, 5.41) is 0. The molecule has 0 atom stereocenters. The fourth-order valence-electron chi connectivity index (χ4n) is 0.992. The van der Waals surface area contributed by atoms with Crippen LogP contribution in [-0.2, 0) is 10.0 Å². The molecule has 82 valence electrons. The highest BCUT2D eigenvalue weighted by molar-refractivity contribution is 7.89. The lowest BCUT2D eigenvalue weighted by Crippen LogP contribution is -2.24. The average Bonchev–Trinajstić information content (AvgIpc) is 2.18. The Morgan fingerprint density at radius 3 is 2.47 bits per heavy atom. The van der Waals surface area contributed by atoms with Gasteiger partial charge in [0.2, 0.25) is 10.0 Å². The lowest BCUT2D eigenvalue weighted by Gasteiger charge is -2.04. The predicted octanol–water partition coefficient (Wildman–Crippen LogP) is 1.68. The maximum Gasteiger partial charge on any atom is 0.240 e. The van der Waals surface area contributed by atoms with E-state index in [1.807, 2.05) is 0 Å². The lowest BCUT2D eigenvalue weighted by atomic mass is 10.4. The van der Waals surface area contributed by atoms with Crippen molar-refractivity contribution < 1.29 is 12.8 Å². The first kappa shape index (κ1) is 11.9. The fraction of sp³-hybridized carbons (Fsp3) is 0.200. The van der Waals surface area contributed by atoms with Crippen LogP contribution in [0.3, 0.4) is 0 Å². The zero-order valence-corrected chi connectivity index (χ0v) is 8.93. The standard InChI is InChI=1S/C10H12FNO2S/c1-2-3-8-12-15(13,14)10-6-4-9(11)5-7-10/h2,4-7,12H,1,3,8H2. The molecule has 1 rings (SSSR count). The van der Waals surface area contributed by atoms with Crippen LogP contribution in [0.4, 0.5) is 4.39 Å². The molecule has 0 aliphatic heterocycles. The summed E-state index contributed by atoms with van der Waals surface area (Å²) in [6, 6.07) is 4.68. The van der Waals surface area contributed by atoms with Crippen LogP contribution in [0.1, 0.15) is 6.42 Å². The Balaban J connectivity index is 2.77. The topological polar surface area (TPSA) is 46.2 Å². The van der Waals surface area contributed by atoms with Crippen molar-refractivity contribution in [2.75, 3.05) is 6.54 Å². The summed E-state index contributed by atoms with van der Waals surface area (Å²) < 4.78 is 38.0. The van der Waals surface area contributed by atoms with Gasteiger partial charge in [-0.25, -0.2) is 17.5 Å². The van der Waals surface area contributed by atoms with Crippen molar-refractivity contribution >= 4 is 10.0 Å². The summed E-state index contributed by atoms with van der Waals surface area (Å²) in [7, 11) is -3.51. The summed E-state index contributed by atoms with van der Waals surface area (Å²) in [6.07, 6.45) is 2.17. The van der Waals surface area contributed by atoms with E-state index in [0.717, 1.165) is 12.1 Å². The largest absolute Gasteiger partial charge is 0.240 e. The van der Waals surface area contributed by atoms with Gasteiger partial charge in [0.25, 0.3) is 0 Å². The molecule has 1 aromatic rings. The number of hydrogen-bond donors (Lipinski definition) is 1. The predicted molar refractivity (Wildman–Crippen MR) is 56.4 cm³/mol. The Labute approximate surface area is 88.7 Å². The van der Waals surface area contributed by atoms with Gasteiger partial charge in [0.05, 0.1) is 4.90 Å². The maximum absolute atomic E-state index is 12.6. The second-order valence-electron chi connectivity index (χ2n) is 2.93. The first-order chi connectivity index (χ1) is 7.06. The third-order valence-electron chi connectivity index (χ3n) is 1.76. The molecule has 0 amide bonds. The molecule has 0 fully saturated rings. The Morgan fingerprint density at radius 2 is 1.93 bits per heavy atom. The van der Waals surface area contributed by atoms with E-state index >= 15 is 0 Å². The van der Waals surface area contributed by atoms with Gasteiger partial charge < -0.3 is 0 Å². The molecule has 0 bridgehead atoms. The Hall–Kier alpha value is -1.20. The van der Waals surface area contributed by atoms with Crippen molar-refractivity contribution in [1.29, 1.82) is 0 Å². The number of benzene rings is 1. The molecule has 0 radical (unpaired) electrons. The molecule has 0 saturated heterocycles. The highest BCUT2D eigenvalue weighted by Gasteiger charge is 2.12. The number of sulfonamides is 1. The van der Waals surface area contributed by atoms with E-state index in [1.54, 1.807) is 6.08 Å². The third kappa shape index (κ3) is 3.45. The van der Waals surface area contributed by atoms with E-state index < -0.39 is 15.8 Å². The van der Waals surface area contributed by atoms with Crippen molar-refractivity contribution in [3.05, 3.63) is 42.7 Å². The van der Waals surface area contributed by atoms with Gasteiger partial charge in [0, 0.05) is 6.54 Å². The second kappa shape index (κ2) is 5.04. The van der Waals surface area contributed by atoms with Crippen LogP contribution in [0.5, 0.6) is 0 Å². The number of halogens is 1. The van der Waals surface area contributed by atoms with Crippen LogP contribution in [0.15, 0.2) is 41.8 Å². The van der Waals surface area contributed by atoms with Gasteiger partial charge in [0.1, 0.15) is 5.82 Å². The molecule has 0 aliphatic rings. The maximum atomic E-state index is 12.6. The van der Waals surface area contributed by atoms with Crippen LogP contribution in [0.2, 0.25) is 0 Å². The average molecular weight is 229 g/mol. The molecule has 3 nitrogen and oxygen atoms in total. The minimum atomic E-state index is -3.51. The summed E-state index contributed by atoms with van der Waals surface area (Å²) in [4.78, 5) is 0.0629. The van der Waals surface area contributed by atoms with Gasteiger partial charge in [-0.15, -0.1) is 6.58 Å². The molecule has 1 aromatic carbocycles. The zero-order chi connectivity index (χ0) is 11.3. The number of nitrogens with one attached hydrogen (secondary N) is 1. The van der Waals surface area contributed by atoms with E-state index in [0.29, 0.717) is 13.0 Å². The molecule has 1 N–H and O–H groups in total. The van der Waals surface area contributed by atoms with Crippen LogP contribution >= 0.6 is 0 Å². The second-order valence-corrected chi connectivity index (χ2v) is 4.70. The molecule has 0 spiro atoms. The monoisotopic (exact) mass is 229 g/mol. The highest BCUT2D eigenvalue weighted by Crippen LogP contribution is 2.09. The van der Waals surface area contributed by atoms with Crippen molar-refractivity contribution in [1.82, 2.24) is 4.72 Å².